The Morgan fingerprint density at radius 1 is 1.33 bits per heavy atom. The van der Waals surface area contributed by atoms with Gasteiger partial charge in [-0.05, 0) is 23.0 Å². The number of rotatable bonds is 1. The Bertz CT molecular complexity index is 233. The molecule has 1 aromatic heterocycles. The van der Waals surface area contributed by atoms with E-state index in [4.69, 9.17) is 0 Å². The zero-order valence-corrected chi connectivity index (χ0v) is 8.33. The summed E-state index contributed by atoms with van der Waals surface area (Å²) in [6.45, 7) is 9.01. The first-order valence-corrected chi connectivity index (χ1v) is 4.42. The van der Waals surface area contributed by atoms with E-state index in [1.54, 1.807) is 0 Å². The fourth-order valence-corrected chi connectivity index (χ4v) is 1.13. The number of aromatic nitrogens is 1. The Hall–Kier alpha value is -0.850. The van der Waals surface area contributed by atoms with Crippen LogP contribution in [-0.2, 0) is 0 Å². The van der Waals surface area contributed by atoms with E-state index in [1.165, 1.54) is 5.56 Å². The van der Waals surface area contributed by atoms with Gasteiger partial charge in [-0.15, -0.1) is 0 Å². The normalized spacial score (nSPS) is 14.3. The van der Waals surface area contributed by atoms with Crippen LogP contribution in [0.15, 0.2) is 24.5 Å². The summed E-state index contributed by atoms with van der Waals surface area (Å²) in [5.41, 5.74) is 1.65. The van der Waals surface area contributed by atoms with Crippen LogP contribution in [0.3, 0.4) is 0 Å². The van der Waals surface area contributed by atoms with Crippen LogP contribution in [0, 0.1) is 5.41 Å². The Morgan fingerprint density at radius 2 is 2.00 bits per heavy atom. The molecule has 66 valence electrons. The van der Waals surface area contributed by atoms with Crippen molar-refractivity contribution in [2.24, 2.45) is 5.41 Å². The molecule has 0 saturated carbocycles. The van der Waals surface area contributed by atoms with Crippen molar-refractivity contribution in [1.82, 2.24) is 4.98 Å². The summed E-state index contributed by atoms with van der Waals surface area (Å²) in [5, 5.41) is 0. The van der Waals surface area contributed by atoms with Crippen molar-refractivity contribution in [2.45, 2.75) is 33.6 Å². The van der Waals surface area contributed by atoms with Gasteiger partial charge in [-0.2, -0.15) is 0 Å². The molecule has 0 aromatic carbocycles. The molecule has 12 heavy (non-hydrogen) atoms. The first-order chi connectivity index (χ1) is 5.52. The standard InChI is InChI=1S/C11H17N/c1-9(11(2,3)4)10-6-5-7-12-8-10/h5-9H,1-4H3/t9-/m1/s1. The molecule has 1 rings (SSSR count). The van der Waals surface area contributed by atoms with Gasteiger partial charge >= 0.3 is 0 Å². The van der Waals surface area contributed by atoms with E-state index in [2.05, 4.69) is 38.7 Å². The second-order valence-corrected chi connectivity index (χ2v) is 4.37. The van der Waals surface area contributed by atoms with Crippen LogP contribution in [0.25, 0.3) is 0 Å². The minimum Gasteiger partial charge on any atom is -0.264 e. The summed E-state index contributed by atoms with van der Waals surface area (Å²) in [6.07, 6.45) is 3.77. The molecule has 0 spiro atoms. The minimum atomic E-state index is 0.322. The molecular weight excluding hydrogens is 146 g/mol. The SMILES string of the molecule is C[C@H](c1cccnc1)C(C)(C)C. The molecule has 0 aliphatic rings. The third-order valence-electron chi connectivity index (χ3n) is 2.48. The largest absolute Gasteiger partial charge is 0.264 e. The second-order valence-electron chi connectivity index (χ2n) is 4.37. The van der Waals surface area contributed by atoms with Crippen molar-refractivity contribution in [2.75, 3.05) is 0 Å². The zero-order valence-electron chi connectivity index (χ0n) is 8.33. The lowest BCUT2D eigenvalue weighted by atomic mass is 9.78. The molecule has 0 N–H and O–H groups in total. The van der Waals surface area contributed by atoms with Gasteiger partial charge in [0.05, 0.1) is 0 Å². The average molecular weight is 163 g/mol. The molecule has 1 nitrogen and oxygen atoms in total. The highest BCUT2D eigenvalue weighted by Crippen LogP contribution is 2.33. The molecular formula is C11H17N. The molecule has 1 aromatic rings. The first-order valence-electron chi connectivity index (χ1n) is 4.42. The monoisotopic (exact) mass is 163 g/mol. The van der Waals surface area contributed by atoms with Crippen molar-refractivity contribution in [1.29, 1.82) is 0 Å². The van der Waals surface area contributed by atoms with Crippen LogP contribution in [0.4, 0.5) is 0 Å². The molecule has 0 unspecified atom stereocenters. The number of hydrogen-bond acceptors (Lipinski definition) is 1. The van der Waals surface area contributed by atoms with Crippen molar-refractivity contribution >= 4 is 0 Å². The maximum Gasteiger partial charge on any atom is 0.0302 e. The summed E-state index contributed by atoms with van der Waals surface area (Å²) in [5.74, 6) is 0.561. The molecule has 1 heteroatoms. The average Bonchev–Trinajstić information content (AvgIpc) is 2.03. The van der Waals surface area contributed by atoms with Gasteiger partial charge in [0.25, 0.3) is 0 Å². The van der Waals surface area contributed by atoms with Crippen molar-refractivity contribution < 1.29 is 0 Å². The zero-order chi connectivity index (χ0) is 9.19. The quantitative estimate of drug-likeness (QED) is 0.619. The lowest BCUT2D eigenvalue weighted by Crippen LogP contribution is -2.15. The van der Waals surface area contributed by atoms with Gasteiger partial charge in [-0.1, -0.05) is 33.8 Å². The topological polar surface area (TPSA) is 12.9 Å². The van der Waals surface area contributed by atoms with Crippen molar-refractivity contribution in [3.63, 3.8) is 0 Å². The van der Waals surface area contributed by atoms with Crippen LogP contribution in [-0.4, -0.2) is 4.98 Å². The molecule has 1 atom stereocenters. The van der Waals surface area contributed by atoms with Crippen LogP contribution in [0.2, 0.25) is 0 Å². The first kappa shape index (κ1) is 9.24. The van der Waals surface area contributed by atoms with E-state index in [0.717, 1.165) is 0 Å². The predicted octanol–water partition coefficient (Wildman–Crippen LogP) is 3.23. The molecule has 0 aliphatic heterocycles. The fraction of sp³-hybridized carbons (Fsp3) is 0.545. The smallest absolute Gasteiger partial charge is 0.0302 e. The molecule has 0 bridgehead atoms. The lowest BCUT2D eigenvalue weighted by Gasteiger charge is -2.27. The van der Waals surface area contributed by atoms with Gasteiger partial charge in [-0.25, -0.2) is 0 Å². The highest BCUT2D eigenvalue weighted by atomic mass is 14.6. The number of nitrogens with zero attached hydrogens (tertiary/aromatic N) is 1. The van der Waals surface area contributed by atoms with Gasteiger partial charge in [-0.3, -0.25) is 4.98 Å². The molecule has 0 saturated heterocycles. The number of pyridine rings is 1. The van der Waals surface area contributed by atoms with Gasteiger partial charge in [0, 0.05) is 12.4 Å². The van der Waals surface area contributed by atoms with Crippen molar-refractivity contribution in [3.05, 3.63) is 30.1 Å². The Morgan fingerprint density at radius 3 is 2.42 bits per heavy atom. The molecule has 0 amide bonds. The second kappa shape index (κ2) is 3.26. The van der Waals surface area contributed by atoms with Gasteiger partial charge in [0.2, 0.25) is 0 Å². The Kier molecular flexibility index (Phi) is 2.51. The molecule has 1 heterocycles. The van der Waals surface area contributed by atoms with E-state index in [-0.39, 0.29) is 0 Å². The van der Waals surface area contributed by atoms with Gasteiger partial charge in [0.15, 0.2) is 0 Å². The molecule has 0 fully saturated rings. The maximum absolute atomic E-state index is 4.12. The fourth-order valence-electron chi connectivity index (χ4n) is 1.13. The number of hydrogen-bond donors (Lipinski definition) is 0. The van der Waals surface area contributed by atoms with Crippen LogP contribution in [0.5, 0.6) is 0 Å². The summed E-state index contributed by atoms with van der Waals surface area (Å²) in [4.78, 5) is 4.12. The molecule has 0 radical (unpaired) electrons. The van der Waals surface area contributed by atoms with E-state index in [0.29, 0.717) is 11.3 Å². The summed E-state index contributed by atoms with van der Waals surface area (Å²) in [6, 6.07) is 4.14. The third-order valence-corrected chi connectivity index (χ3v) is 2.48. The van der Waals surface area contributed by atoms with Gasteiger partial charge in [0.1, 0.15) is 0 Å². The summed E-state index contributed by atoms with van der Waals surface area (Å²) in [7, 11) is 0. The van der Waals surface area contributed by atoms with Crippen LogP contribution < -0.4 is 0 Å². The maximum atomic E-state index is 4.12. The summed E-state index contributed by atoms with van der Waals surface area (Å²) >= 11 is 0. The van der Waals surface area contributed by atoms with E-state index < -0.39 is 0 Å². The third kappa shape index (κ3) is 2.07. The van der Waals surface area contributed by atoms with E-state index in [1.807, 2.05) is 18.5 Å². The highest BCUT2D eigenvalue weighted by Gasteiger charge is 2.21. The molecule has 0 aliphatic carbocycles. The van der Waals surface area contributed by atoms with Crippen molar-refractivity contribution in [3.8, 4) is 0 Å². The predicted molar refractivity (Wildman–Crippen MR) is 52.1 cm³/mol. The van der Waals surface area contributed by atoms with Gasteiger partial charge < -0.3 is 0 Å². The van der Waals surface area contributed by atoms with Crippen LogP contribution in [0.1, 0.15) is 39.2 Å². The lowest BCUT2D eigenvalue weighted by molar-refractivity contribution is 0.339. The van der Waals surface area contributed by atoms with E-state index in [9.17, 15) is 0 Å². The highest BCUT2D eigenvalue weighted by molar-refractivity contribution is 5.15. The Labute approximate surface area is 74.8 Å². The Balaban J connectivity index is 2.86. The summed E-state index contributed by atoms with van der Waals surface area (Å²) < 4.78 is 0. The van der Waals surface area contributed by atoms with E-state index >= 15 is 0 Å². The minimum absolute atomic E-state index is 0.322. The van der Waals surface area contributed by atoms with Crippen LogP contribution >= 0.6 is 0 Å².